The molecule has 8 heteroatoms. The summed E-state index contributed by atoms with van der Waals surface area (Å²) in [5, 5.41) is 3.27. The molecule has 6 nitrogen and oxygen atoms in total. The molecule has 0 saturated carbocycles. The number of halogens is 2. The van der Waals surface area contributed by atoms with Crippen LogP contribution in [0.25, 0.3) is 0 Å². The molecular weight excluding hydrogens is 383 g/mol. The second-order valence-corrected chi connectivity index (χ2v) is 6.94. The SMILES string of the molecule is CC[C@@H](CC(N)=O)N[C@H](CC)c1ccc(Cl)c(C(=O)c2ccc(N)nc2)c1F. The maximum absolute atomic E-state index is 15.3. The summed E-state index contributed by atoms with van der Waals surface area (Å²) in [6, 6.07) is 5.39. The Hall–Kier alpha value is -2.51. The first-order valence-corrected chi connectivity index (χ1v) is 9.44. The maximum atomic E-state index is 15.3. The van der Waals surface area contributed by atoms with E-state index in [0.717, 1.165) is 0 Å². The molecule has 0 bridgehead atoms. The number of carbonyl (C=O) groups excluding carboxylic acids is 2. The fourth-order valence-electron chi connectivity index (χ4n) is 3.01. The molecule has 0 unspecified atom stereocenters. The van der Waals surface area contributed by atoms with E-state index in [9.17, 15) is 9.59 Å². The van der Waals surface area contributed by atoms with Gasteiger partial charge in [-0.2, -0.15) is 0 Å². The number of aromatic nitrogens is 1. The van der Waals surface area contributed by atoms with E-state index in [2.05, 4.69) is 10.3 Å². The van der Waals surface area contributed by atoms with Gasteiger partial charge in [-0.15, -0.1) is 0 Å². The Morgan fingerprint density at radius 1 is 1.21 bits per heavy atom. The molecule has 0 radical (unpaired) electrons. The second kappa shape index (κ2) is 9.61. The topological polar surface area (TPSA) is 111 Å². The van der Waals surface area contributed by atoms with Crippen LogP contribution in [0, 0.1) is 5.82 Å². The molecule has 0 aliphatic heterocycles. The zero-order valence-electron chi connectivity index (χ0n) is 15.8. The largest absolute Gasteiger partial charge is 0.384 e. The van der Waals surface area contributed by atoms with Gasteiger partial charge in [0.25, 0.3) is 0 Å². The summed E-state index contributed by atoms with van der Waals surface area (Å²) in [4.78, 5) is 27.9. The summed E-state index contributed by atoms with van der Waals surface area (Å²) in [6.45, 7) is 3.79. The molecule has 0 aliphatic carbocycles. The molecule has 1 heterocycles. The zero-order valence-corrected chi connectivity index (χ0v) is 16.6. The van der Waals surface area contributed by atoms with Crippen LogP contribution in [0.1, 0.15) is 60.6 Å². The Morgan fingerprint density at radius 2 is 1.93 bits per heavy atom. The van der Waals surface area contributed by atoms with Crippen molar-refractivity contribution in [1.29, 1.82) is 0 Å². The number of nitrogens with two attached hydrogens (primary N) is 2. The number of carbonyl (C=O) groups is 2. The van der Waals surface area contributed by atoms with Gasteiger partial charge in [0.2, 0.25) is 5.91 Å². The summed E-state index contributed by atoms with van der Waals surface area (Å²) in [5.74, 6) is -1.44. The van der Waals surface area contributed by atoms with Crippen molar-refractivity contribution in [2.45, 2.75) is 45.2 Å². The van der Waals surface area contributed by atoms with Gasteiger partial charge in [0.05, 0.1) is 10.6 Å². The molecule has 5 N–H and O–H groups in total. The predicted octanol–water partition coefficient (Wildman–Crippen LogP) is 3.38. The van der Waals surface area contributed by atoms with E-state index in [1.165, 1.54) is 24.4 Å². The lowest BCUT2D eigenvalue weighted by Crippen LogP contribution is -2.36. The van der Waals surface area contributed by atoms with Crippen LogP contribution in [0.3, 0.4) is 0 Å². The van der Waals surface area contributed by atoms with Crippen LogP contribution >= 0.6 is 11.6 Å². The summed E-state index contributed by atoms with van der Waals surface area (Å²) in [5.41, 5.74) is 11.1. The first-order chi connectivity index (χ1) is 13.3. The predicted molar refractivity (Wildman–Crippen MR) is 108 cm³/mol. The smallest absolute Gasteiger partial charge is 0.218 e. The van der Waals surface area contributed by atoms with Crippen molar-refractivity contribution in [3.05, 3.63) is 58.0 Å². The number of nitrogens with zero attached hydrogens (tertiary/aromatic N) is 1. The van der Waals surface area contributed by atoms with Gasteiger partial charge in [-0.05, 0) is 31.0 Å². The highest BCUT2D eigenvalue weighted by atomic mass is 35.5. The van der Waals surface area contributed by atoms with Crippen LogP contribution in [0.5, 0.6) is 0 Å². The van der Waals surface area contributed by atoms with E-state index in [-0.39, 0.29) is 34.4 Å². The van der Waals surface area contributed by atoms with Crippen LogP contribution in [0.2, 0.25) is 5.02 Å². The summed E-state index contributed by atoms with van der Waals surface area (Å²) in [7, 11) is 0. The first-order valence-electron chi connectivity index (χ1n) is 9.06. The van der Waals surface area contributed by atoms with Gasteiger partial charge in [0.15, 0.2) is 5.78 Å². The van der Waals surface area contributed by atoms with Gasteiger partial charge in [0, 0.05) is 35.8 Å². The quantitative estimate of drug-likeness (QED) is 0.553. The Bertz CT molecular complexity index is 858. The standard InChI is InChI=1S/C20H24ClFN4O2/c1-3-12(9-17(24)27)26-15(4-2)13-6-7-14(21)18(19(13)22)20(28)11-5-8-16(23)25-10-11/h5-8,10,12,15,26H,3-4,9H2,1-2H3,(H2,23,25)(H2,24,27)/t12-,15+/m0/s1. The number of anilines is 1. The summed E-state index contributed by atoms with van der Waals surface area (Å²) < 4.78 is 15.3. The van der Waals surface area contributed by atoms with E-state index in [1.807, 2.05) is 13.8 Å². The molecule has 0 spiro atoms. The van der Waals surface area contributed by atoms with Gasteiger partial charge in [-0.1, -0.05) is 31.5 Å². The molecule has 2 aromatic rings. The van der Waals surface area contributed by atoms with Crippen molar-refractivity contribution in [2.24, 2.45) is 5.73 Å². The minimum absolute atomic E-state index is 0.0158. The van der Waals surface area contributed by atoms with Crippen LogP contribution in [0.15, 0.2) is 30.5 Å². The number of hydrogen-bond donors (Lipinski definition) is 3. The minimum Gasteiger partial charge on any atom is -0.384 e. The van der Waals surface area contributed by atoms with E-state index >= 15 is 4.39 Å². The molecule has 150 valence electrons. The molecule has 2 rings (SSSR count). The molecular formula is C20H24ClFN4O2. The zero-order chi connectivity index (χ0) is 20.8. The minimum atomic E-state index is -0.692. The molecule has 28 heavy (non-hydrogen) atoms. The second-order valence-electron chi connectivity index (χ2n) is 6.53. The maximum Gasteiger partial charge on any atom is 0.218 e. The molecule has 0 fully saturated rings. The van der Waals surface area contributed by atoms with E-state index in [1.54, 1.807) is 6.07 Å². The number of hydrogen-bond acceptors (Lipinski definition) is 5. The number of pyridine rings is 1. The highest BCUT2D eigenvalue weighted by molar-refractivity contribution is 6.35. The van der Waals surface area contributed by atoms with E-state index in [4.69, 9.17) is 23.1 Å². The number of ketones is 1. The summed E-state index contributed by atoms with van der Waals surface area (Å²) in [6.07, 6.45) is 2.63. The highest BCUT2D eigenvalue weighted by Crippen LogP contribution is 2.30. The average Bonchev–Trinajstić information content (AvgIpc) is 2.66. The number of primary amides is 1. The van der Waals surface area contributed by atoms with Crippen LogP contribution in [-0.2, 0) is 4.79 Å². The van der Waals surface area contributed by atoms with Crippen molar-refractivity contribution in [2.75, 3.05) is 5.73 Å². The monoisotopic (exact) mass is 406 g/mol. The number of rotatable bonds is 9. The van der Waals surface area contributed by atoms with Gasteiger partial charge in [-0.25, -0.2) is 9.37 Å². The third-order valence-electron chi connectivity index (χ3n) is 4.56. The lowest BCUT2D eigenvalue weighted by atomic mass is 9.95. The highest BCUT2D eigenvalue weighted by Gasteiger charge is 2.25. The Labute approximate surface area is 168 Å². The van der Waals surface area contributed by atoms with E-state index < -0.39 is 23.5 Å². The molecule has 1 aromatic carbocycles. The van der Waals surface area contributed by atoms with Gasteiger partial charge in [0.1, 0.15) is 11.6 Å². The number of nitrogens with one attached hydrogen (secondary N) is 1. The molecule has 1 aromatic heterocycles. The van der Waals surface area contributed by atoms with Gasteiger partial charge in [-0.3, -0.25) is 9.59 Å². The third kappa shape index (κ3) is 5.05. The number of nitrogen functional groups attached to an aromatic ring is 1. The van der Waals surface area contributed by atoms with Crippen molar-refractivity contribution in [1.82, 2.24) is 10.3 Å². The molecule has 1 amide bonds. The van der Waals surface area contributed by atoms with Crippen molar-refractivity contribution < 1.29 is 14.0 Å². The summed E-state index contributed by atoms with van der Waals surface area (Å²) >= 11 is 6.14. The molecule has 2 atom stereocenters. The van der Waals surface area contributed by atoms with Crippen molar-refractivity contribution >= 4 is 29.1 Å². The van der Waals surface area contributed by atoms with Crippen LogP contribution in [0.4, 0.5) is 10.2 Å². The Balaban J connectivity index is 2.40. The normalized spacial score (nSPS) is 13.1. The van der Waals surface area contributed by atoms with Crippen molar-refractivity contribution in [3.63, 3.8) is 0 Å². The Morgan fingerprint density at radius 3 is 2.46 bits per heavy atom. The lowest BCUT2D eigenvalue weighted by molar-refractivity contribution is -0.118. The lowest BCUT2D eigenvalue weighted by Gasteiger charge is -2.25. The van der Waals surface area contributed by atoms with Gasteiger partial charge < -0.3 is 16.8 Å². The van der Waals surface area contributed by atoms with Crippen LogP contribution < -0.4 is 16.8 Å². The number of benzene rings is 1. The van der Waals surface area contributed by atoms with Gasteiger partial charge >= 0.3 is 0 Å². The van der Waals surface area contributed by atoms with Crippen LogP contribution in [-0.4, -0.2) is 22.7 Å². The number of amides is 1. The molecule has 0 saturated heterocycles. The fourth-order valence-corrected chi connectivity index (χ4v) is 3.24. The average molecular weight is 407 g/mol. The van der Waals surface area contributed by atoms with E-state index in [0.29, 0.717) is 18.4 Å². The Kier molecular flexibility index (Phi) is 7.48. The third-order valence-corrected chi connectivity index (χ3v) is 4.87. The fraction of sp³-hybridized carbons (Fsp3) is 0.350. The first kappa shape index (κ1) is 21.8. The molecule has 0 aliphatic rings. The van der Waals surface area contributed by atoms with Crippen molar-refractivity contribution in [3.8, 4) is 0 Å².